The Morgan fingerprint density at radius 2 is 1.82 bits per heavy atom. The number of nitrogens with zero attached hydrogens (tertiary/aromatic N) is 4. The fourth-order valence-electron chi connectivity index (χ4n) is 4.85. The van der Waals surface area contributed by atoms with Crippen molar-refractivity contribution in [1.82, 2.24) is 9.80 Å². The largest absolute Gasteiger partial charge is 0.370 e. The van der Waals surface area contributed by atoms with Crippen LogP contribution in [0.5, 0.6) is 0 Å². The summed E-state index contributed by atoms with van der Waals surface area (Å²) in [5.74, 6) is 0.0596. The number of hydrogen-bond acceptors (Lipinski definition) is 3. The summed E-state index contributed by atoms with van der Waals surface area (Å²) in [7, 11) is 3.68. The average molecular weight is 448 g/mol. The molecule has 174 valence electrons. The summed E-state index contributed by atoms with van der Waals surface area (Å²) in [5, 5.41) is 3.11. The van der Waals surface area contributed by atoms with E-state index in [0.717, 1.165) is 37.3 Å². The van der Waals surface area contributed by atoms with Gasteiger partial charge in [-0.2, -0.15) is 0 Å². The Morgan fingerprint density at radius 1 is 1.15 bits per heavy atom. The van der Waals surface area contributed by atoms with Gasteiger partial charge < -0.3 is 20.0 Å². The number of urea groups is 1. The molecule has 0 bridgehead atoms. The van der Waals surface area contributed by atoms with Gasteiger partial charge in [-0.25, -0.2) is 9.64 Å². The van der Waals surface area contributed by atoms with Gasteiger partial charge in [0, 0.05) is 51.8 Å². The fourth-order valence-corrected chi connectivity index (χ4v) is 4.85. The van der Waals surface area contributed by atoms with Crippen molar-refractivity contribution in [3.63, 3.8) is 0 Å². The minimum Gasteiger partial charge on any atom is -0.370 e. The number of piperidine rings is 1. The smallest absolute Gasteiger partial charge is 0.319 e. The Kier molecular flexibility index (Phi) is 6.20. The van der Waals surface area contributed by atoms with Gasteiger partial charge in [0.2, 0.25) is 0 Å². The molecule has 3 amide bonds. The minimum absolute atomic E-state index is 0.0471. The number of nitrogens with one attached hydrogen (secondary N) is 1. The summed E-state index contributed by atoms with van der Waals surface area (Å²) in [6.07, 6.45) is 6.14. The van der Waals surface area contributed by atoms with Crippen molar-refractivity contribution in [2.24, 2.45) is 5.41 Å². The second kappa shape index (κ2) is 8.93. The van der Waals surface area contributed by atoms with Crippen LogP contribution in [0, 0.1) is 12.0 Å². The van der Waals surface area contributed by atoms with Crippen molar-refractivity contribution < 1.29 is 9.59 Å². The maximum Gasteiger partial charge on any atom is 0.319 e. The zero-order chi connectivity index (χ0) is 23.8. The highest BCUT2D eigenvalue weighted by Gasteiger charge is 2.31. The van der Waals surface area contributed by atoms with Gasteiger partial charge in [0.25, 0.3) is 5.91 Å². The predicted octanol–water partition coefficient (Wildman–Crippen LogP) is 4.47. The second-order valence-corrected chi connectivity index (χ2v) is 10.2. The Balaban J connectivity index is 1.61. The van der Waals surface area contributed by atoms with E-state index in [2.05, 4.69) is 41.0 Å². The molecule has 4 rings (SSSR count). The van der Waals surface area contributed by atoms with Crippen molar-refractivity contribution in [1.29, 1.82) is 0 Å². The molecule has 0 radical (unpaired) electrons. The van der Waals surface area contributed by atoms with Crippen LogP contribution in [0.4, 0.5) is 16.2 Å². The summed E-state index contributed by atoms with van der Waals surface area (Å²) in [6, 6.07) is 6.31. The Hall–Kier alpha value is -3.27. The van der Waals surface area contributed by atoms with Crippen molar-refractivity contribution in [3.8, 4) is 0 Å². The lowest BCUT2D eigenvalue weighted by atomic mass is 9.82. The lowest BCUT2D eigenvalue weighted by molar-refractivity contribution is -0.112. The summed E-state index contributed by atoms with van der Waals surface area (Å²) in [6.45, 7) is 15.0. The first-order valence-electron chi connectivity index (χ1n) is 11.6. The van der Waals surface area contributed by atoms with Crippen molar-refractivity contribution >= 4 is 23.3 Å². The van der Waals surface area contributed by atoms with E-state index in [-0.39, 0.29) is 17.9 Å². The molecule has 1 N–H and O–H groups in total. The number of anilines is 2. The number of hydrogen-bond donors (Lipinski definition) is 1. The molecule has 1 aromatic carbocycles. The molecule has 2 aliphatic heterocycles. The van der Waals surface area contributed by atoms with Crippen LogP contribution in [0.2, 0.25) is 0 Å². The van der Waals surface area contributed by atoms with E-state index in [9.17, 15) is 9.59 Å². The van der Waals surface area contributed by atoms with Gasteiger partial charge in [0.05, 0.1) is 17.9 Å². The predicted molar refractivity (Wildman–Crippen MR) is 131 cm³/mol. The zero-order valence-electron chi connectivity index (χ0n) is 20.0. The molecule has 0 aromatic heterocycles. The number of benzene rings is 1. The summed E-state index contributed by atoms with van der Waals surface area (Å²) < 4.78 is 0. The van der Waals surface area contributed by atoms with E-state index < -0.39 is 0 Å². The summed E-state index contributed by atoms with van der Waals surface area (Å²) in [5.41, 5.74) is 4.48. The highest BCUT2D eigenvalue weighted by atomic mass is 16.2. The van der Waals surface area contributed by atoms with E-state index in [4.69, 9.17) is 6.57 Å². The maximum atomic E-state index is 12.9. The first kappa shape index (κ1) is 22.9. The molecule has 3 aliphatic rings. The molecular weight excluding hydrogens is 414 g/mol. The van der Waals surface area contributed by atoms with Gasteiger partial charge in [0.15, 0.2) is 5.70 Å². The lowest BCUT2D eigenvalue weighted by Crippen LogP contribution is -2.49. The molecular formula is C26H33N5O2. The van der Waals surface area contributed by atoms with E-state index in [1.54, 1.807) is 22.0 Å². The first-order chi connectivity index (χ1) is 15.7. The molecule has 1 aliphatic carbocycles. The molecule has 7 nitrogen and oxygen atoms in total. The van der Waals surface area contributed by atoms with Crippen LogP contribution in [0.15, 0.2) is 41.6 Å². The molecule has 0 atom stereocenters. The van der Waals surface area contributed by atoms with Crippen molar-refractivity contribution in [2.75, 3.05) is 50.5 Å². The number of amides is 3. The van der Waals surface area contributed by atoms with Crippen molar-refractivity contribution in [3.05, 3.63) is 58.6 Å². The van der Waals surface area contributed by atoms with Crippen LogP contribution in [-0.2, 0) is 4.79 Å². The molecule has 2 heterocycles. The average Bonchev–Trinajstić information content (AvgIpc) is 3.27. The van der Waals surface area contributed by atoms with Crippen LogP contribution in [0.3, 0.4) is 0 Å². The van der Waals surface area contributed by atoms with Crippen LogP contribution in [-0.4, -0.2) is 62.0 Å². The van der Waals surface area contributed by atoms with Gasteiger partial charge >= 0.3 is 6.03 Å². The van der Waals surface area contributed by atoms with Gasteiger partial charge in [-0.1, -0.05) is 26.0 Å². The number of carbonyl (C=O) groups is 2. The highest BCUT2D eigenvalue weighted by Crippen LogP contribution is 2.37. The van der Waals surface area contributed by atoms with Crippen LogP contribution in [0.1, 0.15) is 44.6 Å². The topological polar surface area (TPSA) is 60.3 Å². The Bertz CT molecular complexity index is 1040. The second-order valence-electron chi connectivity index (χ2n) is 10.2. The van der Waals surface area contributed by atoms with Gasteiger partial charge in [-0.15, -0.1) is 0 Å². The maximum absolute atomic E-state index is 12.9. The van der Waals surface area contributed by atoms with E-state index in [0.29, 0.717) is 36.2 Å². The third-order valence-corrected chi connectivity index (χ3v) is 7.11. The van der Waals surface area contributed by atoms with Gasteiger partial charge in [-0.05, 0) is 48.4 Å². The van der Waals surface area contributed by atoms with Crippen LogP contribution >= 0.6 is 0 Å². The number of allylic oxidation sites excluding steroid dienone is 2. The van der Waals surface area contributed by atoms with E-state index in [1.165, 1.54) is 5.56 Å². The van der Waals surface area contributed by atoms with Crippen molar-refractivity contribution in [2.45, 2.75) is 39.0 Å². The number of rotatable bonds is 4. The molecule has 7 heteroatoms. The Labute approximate surface area is 196 Å². The summed E-state index contributed by atoms with van der Waals surface area (Å²) in [4.78, 5) is 34.5. The molecule has 2 saturated heterocycles. The van der Waals surface area contributed by atoms with Gasteiger partial charge in [0.1, 0.15) is 0 Å². The van der Waals surface area contributed by atoms with Crippen LogP contribution in [0.25, 0.3) is 4.85 Å². The van der Waals surface area contributed by atoms with Gasteiger partial charge in [-0.3, -0.25) is 4.79 Å². The quantitative estimate of drug-likeness (QED) is 0.693. The lowest BCUT2D eigenvalue weighted by Gasteiger charge is -2.40. The SMILES string of the molecule is [C-]#[N+]C1=CCC(C(=O)Nc2ccc(C3CN(C)C(=O)N(C)C3)cc2N2CCC(C)(C)CC2)=C1. The molecule has 33 heavy (non-hydrogen) atoms. The highest BCUT2D eigenvalue weighted by molar-refractivity contribution is 6.06. The Morgan fingerprint density at radius 3 is 2.42 bits per heavy atom. The van der Waals surface area contributed by atoms with Crippen LogP contribution < -0.4 is 10.2 Å². The molecule has 2 fully saturated rings. The zero-order valence-corrected chi connectivity index (χ0v) is 20.0. The monoisotopic (exact) mass is 447 g/mol. The molecule has 0 saturated carbocycles. The standard InChI is InChI=1S/C26H33N5O2/c1-26(2)10-12-31(13-11-26)23-15-18(20-16-29(4)25(33)30(5)17-20)7-9-22(23)28-24(32)19-6-8-21(14-19)27-3/h7-9,14-15,20H,6,10-13,16-17H2,1-2,4-5H3,(H,28,32). The third-order valence-electron chi connectivity index (χ3n) is 7.11. The summed E-state index contributed by atoms with van der Waals surface area (Å²) >= 11 is 0. The third kappa shape index (κ3) is 4.90. The minimum atomic E-state index is -0.154. The normalized spacial score (nSPS) is 20.9. The number of likely N-dealkylation sites (N-methyl/N-ethyl adjacent to an activating group) is 2. The first-order valence-corrected chi connectivity index (χ1v) is 11.6. The fraction of sp³-hybridized carbons (Fsp3) is 0.500. The van der Waals surface area contributed by atoms with E-state index >= 15 is 0 Å². The van der Waals surface area contributed by atoms with E-state index in [1.807, 2.05) is 20.2 Å². The molecule has 1 aromatic rings. The molecule has 0 spiro atoms. The number of carbonyl (C=O) groups excluding carboxylic acids is 2. The molecule has 0 unspecified atom stereocenters.